The highest BCUT2D eigenvalue weighted by Gasteiger charge is 2.18. The first-order valence-electron chi connectivity index (χ1n) is 6.86. The van der Waals surface area contributed by atoms with Gasteiger partial charge in [0, 0.05) is 29.4 Å². The summed E-state index contributed by atoms with van der Waals surface area (Å²) in [5.41, 5.74) is 6.96. The van der Waals surface area contributed by atoms with Gasteiger partial charge < -0.3 is 16.0 Å². The first-order valence-corrected chi connectivity index (χ1v) is 6.86. The van der Waals surface area contributed by atoms with Crippen LogP contribution in [0.3, 0.4) is 0 Å². The zero-order chi connectivity index (χ0) is 13.2. The Bertz CT molecular complexity index is 627. The van der Waals surface area contributed by atoms with Gasteiger partial charge in [0.05, 0.1) is 0 Å². The monoisotopic (exact) mass is 257 g/mol. The minimum atomic E-state index is -0.0345. The Balaban J connectivity index is 1.80. The molecule has 19 heavy (non-hydrogen) atoms. The third-order valence-electron chi connectivity index (χ3n) is 3.92. The Morgan fingerprint density at radius 3 is 2.74 bits per heavy atom. The Hall–Kier alpha value is -1.81. The molecule has 0 spiro atoms. The molecule has 1 fully saturated rings. The summed E-state index contributed by atoms with van der Waals surface area (Å²) < 4.78 is 0. The second kappa shape index (κ2) is 5.05. The highest BCUT2D eigenvalue weighted by molar-refractivity contribution is 5.84. The molecule has 1 aromatic heterocycles. The lowest BCUT2D eigenvalue weighted by atomic mass is 9.91. The summed E-state index contributed by atoms with van der Waals surface area (Å²) in [6.07, 6.45) is 6.10. The van der Waals surface area contributed by atoms with Crippen LogP contribution >= 0.6 is 0 Å². The number of aromatic amines is 1. The summed E-state index contributed by atoms with van der Waals surface area (Å²) in [5, 5.41) is 5.25. The third-order valence-corrected chi connectivity index (χ3v) is 3.92. The number of nitrogens with two attached hydrogens (primary N) is 1. The van der Waals surface area contributed by atoms with Crippen molar-refractivity contribution in [1.29, 1.82) is 0 Å². The topological polar surface area (TPSA) is 70.9 Å². The third kappa shape index (κ3) is 2.63. The molecule has 1 aromatic carbocycles. The van der Waals surface area contributed by atoms with Gasteiger partial charge in [0.25, 0.3) is 5.56 Å². The molecule has 0 bridgehead atoms. The number of rotatable bonds is 2. The van der Waals surface area contributed by atoms with Crippen molar-refractivity contribution in [1.82, 2.24) is 4.98 Å². The highest BCUT2D eigenvalue weighted by Crippen LogP contribution is 2.23. The molecule has 1 saturated carbocycles. The van der Waals surface area contributed by atoms with Gasteiger partial charge in [-0.15, -0.1) is 0 Å². The summed E-state index contributed by atoms with van der Waals surface area (Å²) in [6.45, 7) is 0. The molecule has 1 aliphatic carbocycles. The lowest BCUT2D eigenvalue weighted by Crippen LogP contribution is -2.32. The van der Waals surface area contributed by atoms with Gasteiger partial charge in [-0.3, -0.25) is 4.79 Å². The molecular formula is C15H19N3O. The molecule has 4 heteroatoms. The predicted octanol–water partition coefficient (Wildman–Crippen LogP) is 2.21. The molecular weight excluding hydrogens is 238 g/mol. The first kappa shape index (κ1) is 12.2. The van der Waals surface area contributed by atoms with Crippen molar-refractivity contribution < 1.29 is 0 Å². The number of fused-ring (bicyclic) bond motifs is 1. The maximum absolute atomic E-state index is 11.6. The Labute approximate surface area is 112 Å². The largest absolute Gasteiger partial charge is 0.382 e. The number of aromatic nitrogens is 1. The maximum atomic E-state index is 11.6. The molecule has 100 valence electrons. The molecule has 3 rings (SSSR count). The summed E-state index contributed by atoms with van der Waals surface area (Å²) in [7, 11) is 0. The van der Waals surface area contributed by atoms with Crippen LogP contribution in [0, 0.1) is 0 Å². The number of nitrogens with one attached hydrogen (secondary N) is 2. The molecule has 0 radical (unpaired) electrons. The molecule has 4 nitrogen and oxygen atoms in total. The fraction of sp³-hybridized carbons (Fsp3) is 0.400. The number of pyridine rings is 1. The fourth-order valence-electron chi connectivity index (χ4n) is 2.78. The van der Waals surface area contributed by atoms with Gasteiger partial charge in [0.2, 0.25) is 0 Å². The predicted molar refractivity (Wildman–Crippen MR) is 78.4 cm³/mol. The highest BCUT2D eigenvalue weighted by atomic mass is 16.1. The van der Waals surface area contributed by atoms with E-state index >= 15 is 0 Å². The first-order chi connectivity index (χ1) is 9.22. The quantitative estimate of drug-likeness (QED) is 0.772. The van der Waals surface area contributed by atoms with Gasteiger partial charge >= 0.3 is 0 Å². The lowest BCUT2D eigenvalue weighted by molar-refractivity contribution is 0.411. The van der Waals surface area contributed by atoms with Crippen LogP contribution in [0.15, 0.2) is 35.3 Å². The minimum absolute atomic E-state index is 0.0345. The van der Waals surface area contributed by atoms with Crippen molar-refractivity contribution in [2.75, 3.05) is 5.32 Å². The van der Waals surface area contributed by atoms with Crippen molar-refractivity contribution >= 4 is 16.5 Å². The molecule has 2 aromatic rings. The average molecular weight is 257 g/mol. The van der Waals surface area contributed by atoms with Gasteiger partial charge in [-0.25, -0.2) is 0 Å². The van der Waals surface area contributed by atoms with Crippen molar-refractivity contribution in [3.05, 3.63) is 40.8 Å². The smallest absolute Gasteiger partial charge is 0.255 e. The van der Waals surface area contributed by atoms with E-state index in [1.165, 1.54) is 0 Å². The molecule has 1 aliphatic rings. The molecule has 1 heterocycles. The fourth-order valence-corrected chi connectivity index (χ4v) is 2.78. The van der Waals surface area contributed by atoms with Crippen LogP contribution in [0.2, 0.25) is 0 Å². The lowest BCUT2D eigenvalue weighted by Gasteiger charge is -2.27. The van der Waals surface area contributed by atoms with Crippen LogP contribution in [0.5, 0.6) is 0 Å². The molecule has 0 amide bonds. The summed E-state index contributed by atoms with van der Waals surface area (Å²) >= 11 is 0. The number of hydrogen-bond acceptors (Lipinski definition) is 3. The molecule has 0 aliphatic heterocycles. The Kier molecular flexibility index (Phi) is 3.25. The normalized spacial score (nSPS) is 23.4. The van der Waals surface area contributed by atoms with E-state index in [9.17, 15) is 4.79 Å². The second-order valence-corrected chi connectivity index (χ2v) is 5.36. The van der Waals surface area contributed by atoms with Crippen molar-refractivity contribution in [2.45, 2.75) is 37.8 Å². The van der Waals surface area contributed by atoms with Gasteiger partial charge in [0.1, 0.15) is 0 Å². The van der Waals surface area contributed by atoms with Crippen molar-refractivity contribution in [3.63, 3.8) is 0 Å². The zero-order valence-electron chi connectivity index (χ0n) is 10.9. The second-order valence-electron chi connectivity index (χ2n) is 5.36. The summed E-state index contributed by atoms with van der Waals surface area (Å²) in [6, 6.07) is 8.70. The van der Waals surface area contributed by atoms with E-state index in [-0.39, 0.29) is 5.56 Å². The molecule has 0 unspecified atom stereocenters. The standard InChI is InChI=1S/C15H19N3O/c16-11-1-3-12(4-2-11)18-13-5-6-14-10(9-13)7-8-17-15(14)19/h5-9,11-12,18H,1-4,16H2,(H,17,19)/t11-,12-. The SMILES string of the molecule is N[C@H]1CC[C@H](Nc2ccc3c(=O)[nH]ccc3c2)CC1. The average Bonchev–Trinajstić information content (AvgIpc) is 2.42. The van der Waals surface area contributed by atoms with E-state index in [2.05, 4.69) is 10.3 Å². The van der Waals surface area contributed by atoms with Crippen LogP contribution in [-0.4, -0.2) is 17.1 Å². The van der Waals surface area contributed by atoms with E-state index in [1.54, 1.807) is 6.20 Å². The number of H-pyrrole nitrogens is 1. The van der Waals surface area contributed by atoms with Gasteiger partial charge in [-0.1, -0.05) is 0 Å². The van der Waals surface area contributed by atoms with Crippen LogP contribution in [0.4, 0.5) is 5.69 Å². The number of benzene rings is 1. The molecule has 0 atom stereocenters. The van der Waals surface area contributed by atoms with E-state index in [1.807, 2.05) is 24.3 Å². The molecule has 4 N–H and O–H groups in total. The maximum Gasteiger partial charge on any atom is 0.255 e. The van der Waals surface area contributed by atoms with Crippen LogP contribution in [0.1, 0.15) is 25.7 Å². The van der Waals surface area contributed by atoms with E-state index < -0.39 is 0 Å². The van der Waals surface area contributed by atoms with Crippen molar-refractivity contribution in [3.8, 4) is 0 Å². The van der Waals surface area contributed by atoms with Crippen LogP contribution in [-0.2, 0) is 0 Å². The van der Waals surface area contributed by atoms with E-state index in [0.29, 0.717) is 12.1 Å². The van der Waals surface area contributed by atoms with Gasteiger partial charge in [-0.05, 0) is 55.3 Å². The van der Waals surface area contributed by atoms with Gasteiger partial charge in [0.15, 0.2) is 0 Å². The van der Waals surface area contributed by atoms with Crippen LogP contribution in [0.25, 0.3) is 10.8 Å². The Morgan fingerprint density at radius 1 is 1.16 bits per heavy atom. The summed E-state index contributed by atoms with van der Waals surface area (Å²) in [4.78, 5) is 14.3. The Morgan fingerprint density at radius 2 is 1.95 bits per heavy atom. The minimum Gasteiger partial charge on any atom is -0.382 e. The molecule has 0 saturated heterocycles. The number of anilines is 1. The zero-order valence-corrected chi connectivity index (χ0v) is 10.9. The van der Waals surface area contributed by atoms with Crippen LogP contribution < -0.4 is 16.6 Å². The van der Waals surface area contributed by atoms with E-state index in [0.717, 1.165) is 42.1 Å². The number of hydrogen-bond donors (Lipinski definition) is 3. The van der Waals surface area contributed by atoms with Crippen molar-refractivity contribution in [2.24, 2.45) is 5.73 Å². The van der Waals surface area contributed by atoms with Gasteiger partial charge in [-0.2, -0.15) is 0 Å². The summed E-state index contributed by atoms with van der Waals surface area (Å²) in [5.74, 6) is 0. The van der Waals surface area contributed by atoms with E-state index in [4.69, 9.17) is 5.73 Å².